The van der Waals surface area contributed by atoms with Gasteiger partial charge in [-0.15, -0.1) is 0 Å². The molecule has 1 heterocycles. The molecule has 0 aromatic heterocycles. The van der Waals surface area contributed by atoms with Gasteiger partial charge in [0.2, 0.25) is 0 Å². The van der Waals surface area contributed by atoms with Crippen LogP contribution in [0.4, 0.5) is 0 Å². The van der Waals surface area contributed by atoms with E-state index >= 15 is 0 Å². The van der Waals surface area contributed by atoms with E-state index in [0.717, 1.165) is 30.6 Å². The highest BCUT2D eigenvalue weighted by Gasteiger charge is 2.23. The lowest BCUT2D eigenvalue weighted by Gasteiger charge is -2.31. The fourth-order valence-corrected chi connectivity index (χ4v) is 2.64. The van der Waals surface area contributed by atoms with Gasteiger partial charge in [-0.05, 0) is 43.4 Å². The number of amides is 1. The molecule has 1 aliphatic rings. The quantitative estimate of drug-likeness (QED) is 0.795. The highest BCUT2D eigenvalue weighted by atomic mass is 16.2. The van der Waals surface area contributed by atoms with Crippen molar-refractivity contribution in [2.45, 2.75) is 26.7 Å². The van der Waals surface area contributed by atoms with Crippen LogP contribution in [0.25, 0.3) is 0 Å². The summed E-state index contributed by atoms with van der Waals surface area (Å²) in [5, 5.41) is 0. The largest absolute Gasteiger partial charge is 0.338 e. The van der Waals surface area contributed by atoms with Gasteiger partial charge >= 0.3 is 0 Å². The number of benzene rings is 1. The Balaban J connectivity index is 2.29. The molecule has 0 saturated carbocycles. The van der Waals surface area contributed by atoms with Crippen molar-refractivity contribution in [2.75, 3.05) is 19.6 Å². The van der Waals surface area contributed by atoms with Crippen LogP contribution in [-0.4, -0.2) is 30.4 Å². The fraction of sp³-hybridized carbons (Fsp3) is 0.471. The maximum absolute atomic E-state index is 12.7. The summed E-state index contributed by atoms with van der Waals surface area (Å²) in [6.45, 7) is 6.20. The number of piperidine rings is 1. The third-order valence-corrected chi connectivity index (χ3v) is 3.67. The Hall–Kier alpha value is -1.79. The molecular formula is C17H22N2O. The van der Waals surface area contributed by atoms with Gasteiger partial charge in [-0.2, -0.15) is 0 Å². The lowest BCUT2D eigenvalue weighted by atomic mass is 9.98. The van der Waals surface area contributed by atoms with Gasteiger partial charge in [0.05, 0.1) is 12.1 Å². The Kier molecular flexibility index (Phi) is 4.81. The van der Waals surface area contributed by atoms with Gasteiger partial charge in [-0.3, -0.25) is 4.79 Å². The van der Waals surface area contributed by atoms with Gasteiger partial charge in [-0.25, -0.2) is 0 Å². The number of carbonyl (C=O) groups excluding carboxylic acids is 1. The van der Waals surface area contributed by atoms with E-state index in [2.05, 4.69) is 18.8 Å². The Morgan fingerprint density at radius 1 is 1.50 bits per heavy atom. The van der Waals surface area contributed by atoms with Crippen LogP contribution in [0.3, 0.4) is 0 Å². The molecule has 2 N–H and O–H groups in total. The normalized spacial score (nSPS) is 18.4. The molecule has 0 bridgehead atoms. The van der Waals surface area contributed by atoms with Crippen LogP contribution in [0.15, 0.2) is 18.2 Å². The standard InChI is InChI=1S/C17H22N2O/c1-13-7-8-16(15(11-13)6-3-9-18)17(20)19-10-4-5-14(2)12-19/h7-8,11,14H,4-5,9-10,12,18H2,1-2H3. The molecule has 1 aromatic carbocycles. The lowest BCUT2D eigenvalue weighted by molar-refractivity contribution is 0.0683. The van der Waals surface area contributed by atoms with Gasteiger partial charge in [-0.1, -0.05) is 24.8 Å². The van der Waals surface area contributed by atoms with Gasteiger partial charge in [0.25, 0.3) is 5.91 Å². The highest BCUT2D eigenvalue weighted by molar-refractivity contribution is 5.97. The first-order valence-corrected chi connectivity index (χ1v) is 7.20. The number of rotatable bonds is 1. The van der Waals surface area contributed by atoms with Crippen molar-refractivity contribution in [3.63, 3.8) is 0 Å². The van der Waals surface area contributed by atoms with Gasteiger partial charge in [0, 0.05) is 18.7 Å². The predicted octanol–water partition coefficient (Wildman–Crippen LogP) is 2.18. The molecule has 0 aliphatic carbocycles. The molecule has 106 valence electrons. The predicted molar refractivity (Wildman–Crippen MR) is 81.4 cm³/mol. The first-order chi connectivity index (χ1) is 9.61. The molecule has 20 heavy (non-hydrogen) atoms. The maximum atomic E-state index is 12.7. The van der Waals surface area contributed by atoms with Crippen LogP contribution in [0.2, 0.25) is 0 Å². The van der Waals surface area contributed by atoms with Crippen molar-refractivity contribution >= 4 is 5.91 Å². The number of hydrogen-bond acceptors (Lipinski definition) is 2. The van der Waals surface area contributed by atoms with Crippen LogP contribution in [0, 0.1) is 24.7 Å². The third-order valence-electron chi connectivity index (χ3n) is 3.67. The van der Waals surface area contributed by atoms with E-state index < -0.39 is 0 Å². The number of hydrogen-bond donors (Lipinski definition) is 1. The summed E-state index contributed by atoms with van der Waals surface area (Å²) >= 11 is 0. The molecule has 1 atom stereocenters. The molecule has 0 radical (unpaired) electrons. The summed E-state index contributed by atoms with van der Waals surface area (Å²) < 4.78 is 0. The van der Waals surface area contributed by atoms with Gasteiger partial charge < -0.3 is 10.6 Å². The summed E-state index contributed by atoms with van der Waals surface area (Å²) in [6.07, 6.45) is 2.29. The van der Waals surface area contributed by atoms with Crippen molar-refractivity contribution in [2.24, 2.45) is 11.7 Å². The van der Waals surface area contributed by atoms with Crippen LogP contribution in [0.1, 0.15) is 41.3 Å². The Morgan fingerprint density at radius 2 is 2.30 bits per heavy atom. The number of nitrogens with two attached hydrogens (primary N) is 1. The van der Waals surface area contributed by atoms with E-state index in [1.165, 1.54) is 6.42 Å². The second kappa shape index (κ2) is 6.58. The monoisotopic (exact) mass is 270 g/mol. The zero-order valence-electron chi connectivity index (χ0n) is 12.3. The number of carbonyl (C=O) groups is 1. The van der Waals surface area contributed by atoms with Crippen molar-refractivity contribution in [3.05, 3.63) is 34.9 Å². The Labute approximate surface area is 121 Å². The van der Waals surface area contributed by atoms with E-state index in [0.29, 0.717) is 18.0 Å². The molecule has 3 nitrogen and oxygen atoms in total. The summed E-state index contributed by atoms with van der Waals surface area (Å²) in [6, 6.07) is 5.81. The summed E-state index contributed by atoms with van der Waals surface area (Å²) in [5.41, 5.74) is 8.03. The van der Waals surface area contributed by atoms with Crippen molar-refractivity contribution < 1.29 is 4.79 Å². The average Bonchev–Trinajstić information content (AvgIpc) is 2.44. The molecule has 1 unspecified atom stereocenters. The average molecular weight is 270 g/mol. The maximum Gasteiger partial charge on any atom is 0.255 e. The molecular weight excluding hydrogens is 248 g/mol. The third kappa shape index (κ3) is 3.40. The van der Waals surface area contributed by atoms with Crippen LogP contribution < -0.4 is 5.73 Å². The van der Waals surface area contributed by atoms with E-state index in [1.54, 1.807) is 0 Å². The second-order valence-corrected chi connectivity index (χ2v) is 5.55. The zero-order chi connectivity index (χ0) is 14.5. The molecule has 0 spiro atoms. The fourth-order valence-electron chi connectivity index (χ4n) is 2.64. The number of aryl methyl sites for hydroxylation is 1. The first kappa shape index (κ1) is 14.6. The van der Waals surface area contributed by atoms with E-state index in [9.17, 15) is 4.79 Å². The Morgan fingerprint density at radius 3 is 3.00 bits per heavy atom. The molecule has 2 rings (SSSR count). The highest BCUT2D eigenvalue weighted by Crippen LogP contribution is 2.20. The zero-order valence-corrected chi connectivity index (χ0v) is 12.3. The van der Waals surface area contributed by atoms with Crippen LogP contribution >= 0.6 is 0 Å². The molecule has 1 aliphatic heterocycles. The van der Waals surface area contributed by atoms with E-state index in [1.807, 2.05) is 30.0 Å². The summed E-state index contributed by atoms with van der Waals surface area (Å²) in [5.74, 6) is 6.54. The summed E-state index contributed by atoms with van der Waals surface area (Å²) in [4.78, 5) is 14.6. The molecule has 1 amide bonds. The van der Waals surface area contributed by atoms with Crippen molar-refractivity contribution in [3.8, 4) is 11.8 Å². The number of likely N-dealkylation sites (tertiary alicyclic amines) is 1. The molecule has 3 heteroatoms. The minimum atomic E-state index is 0.0953. The van der Waals surface area contributed by atoms with E-state index in [-0.39, 0.29) is 5.91 Å². The minimum absolute atomic E-state index is 0.0953. The van der Waals surface area contributed by atoms with Gasteiger partial charge in [0.1, 0.15) is 0 Å². The van der Waals surface area contributed by atoms with Crippen LogP contribution in [-0.2, 0) is 0 Å². The van der Waals surface area contributed by atoms with Crippen molar-refractivity contribution in [1.82, 2.24) is 4.90 Å². The summed E-state index contributed by atoms with van der Waals surface area (Å²) in [7, 11) is 0. The molecule has 1 aromatic rings. The molecule has 1 saturated heterocycles. The SMILES string of the molecule is Cc1ccc(C(=O)N2CCCC(C)C2)c(C#CCN)c1. The molecule has 1 fully saturated rings. The van der Waals surface area contributed by atoms with Crippen molar-refractivity contribution in [1.29, 1.82) is 0 Å². The lowest BCUT2D eigenvalue weighted by Crippen LogP contribution is -2.39. The van der Waals surface area contributed by atoms with Crippen LogP contribution in [0.5, 0.6) is 0 Å². The Bertz CT molecular complexity index is 554. The second-order valence-electron chi connectivity index (χ2n) is 5.55. The first-order valence-electron chi connectivity index (χ1n) is 7.20. The van der Waals surface area contributed by atoms with E-state index in [4.69, 9.17) is 5.73 Å². The smallest absolute Gasteiger partial charge is 0.255 e. The minimum Gasteiger partial charge on any atom is -0.338 e. The number of nitrogens with zero attached hydrogens (tertiary/aromatic N) is 1. The van der Waals surface area contributed by atoms with Gasteiger partial charge in [0.15, 0.2) is 0 Å². The topological polar surface area (TPSA) is 46.3 Å².